The molecule has 1 aliphatic carbocycles. The fraction of sp³-hybridized carbons (Fsp3) is 0.739. The van der Waals surface area contributed by atoms with Gasteiger partial charge in [-0.15, -0.1) is 0 Å². The first-order chi connectivity index (χ1) is 15.7. The Balaban J connectivity index is 1.62. The highest BCUT2D eigenvalue weighted by molar-refractivity contribution is 5.98. The smallest absolute Gasteiger partial charge is 0.410 e. The number of aliphatic hydroxyl groups excluding tert-OH is 1. The molecule has 1 aliphatic heterocycles. The number of amides is 2. The van der Waals surface area contributed by atoms with Crippen LogP contribution in [0.2, 0.25) is 0 Å². The highest BCUT2D eigenvalue weighted by Gasteiger charge is 2.28. The molecule has 1 aromatic rings. The van der Waals surface area contributed by atoms with Crippen molar-refractivity contribution >= 4 is 23.8 Å². The van der Waals surface area contributed by atoms with Crippen molar-refractivity contribution in [1.29, 1.82) is 0 Å². The van der Waals surface area contributed by atoms with E-state index < -0.39 is 5.60 Å². The minimum absolute atomic E-state index is 0.0288. The average molecular weight is 463 g/mol. The molecule has 2 fully saturated rings. The molecule has 10 nitrogen and oxygen atoms in total. The molecule has 33 heavy (non-hydrogen) atoms. The van der Waals surface area contributed by atoms with Crippen LogP contribution in [-0.2, 0) is 4.74 Å². The SMILES string of the molecule is CC(C)(C)OC(=O)N1CCC(NC(=O)c2cnc(NCCO)nc2NC2CCCCC2)CC1. The third-order valence-corrected chi connectivity index (χ3v) is 5.86. The van der Waals surface area contributed by atoms with E-state index in [0.717, 1.165) is 25.7 Å². The zero-order valence-electron chi connectivity index (χ0n) is 20.0. The van der Waals surface area contributed by atoms with E-state index in [4.69, 9.17) is 9.84 Å². The second-order valence-electron chi connectivity index (χ2n) is 9.80. The first kappa shape index (κ1) is 25.0. The first-order valence-electron chi connectivity index (χ1n) is 12.0. The molecule has 3 rings (SSSR count). The Morgan fingerprint density at radius 2 is 1.82 bits per heavy atom. The van der Waals surface area contributed by atoms with Gasteiger partial charge in [-0.2, -0.15) is 4.98 Å². The minimum atomic E-state index is -0.526. The van der Waals surface area contributed by atoms with Crippen molar-refractivity contribution in [3.8, 4) is 0 Å². The van der Waals surface area contributed by atoms with E-state index in [1.807, 2.05) is 20.8 Å². The number of aliphatic hydroxyl groups is 1. The quantitative estimate of drug-likeness (QED) is 0.487. The molecule has 0 spiro atoms. The Labute approximate surface area is 195 Å². The van der Waals surface area contributed by atoms with Gasteiger partial charge in [-0.05, 0) is 46.5 Å². The zero-order valence-corrected chi connectivity index (χ0v) is 20.0. The van der Waals surface area contributed by atoms with Crippen LogP contribution in [0, 0.1) is 0 Å². The summed E-state index contributed by atoms with van der Waals surface area (Å²) in [6.45, 7) is 6.93. The number of likely N-dealkylation sites (tertiary alicyclic amines) is 1. The van der Waals surface area contributed by atoms with Crippen molar-refractivity contribution in [2.45, 2.75) is 83.4 Å². The summed E-state index contributed by atoms with van der Waals surface area (Å²) in [5.41, 5.74) is -0.119. The number of anilines is 2. The standard InChI is InChI=1S/C23H38N6O4/c1-23(2,3)33-22(32)29-12-9-17(10-13-29)27-20(31)18-15-25-21(24-11-14-30)28-19(18)26-16-7-5-4-6-8-16/h15-17,30H,4-14H2,1-3H3,(H,27,31)(H2,24,25,26,28). The molecule has 1 saturated carbocycles. The molecule has 10 heteroatoms. The van der Waals surface area contributed by atoms with Gasteiger partial charge in [0.1, 0.15) is 17.0 Å². The van der Waals surface area contributed by atoms with Crippen molar-refractivity contribution in [2.75, 3.05) is 36.9 Å². The lowest BCUT2D eigenvalue weighted by molar-refractivity contribution is 0.0199. The van der Waals surface area contributed by atoms with E-state index in [0.29, 0.717) is 49.8 Å². The van der Waals surface area contributed by atoms with Gasteiger partial charge >= 0.3 is 6.09 Å². The summed E-state index contributed by atoms with van der Waals surface area (Å²) < 4.78 is 5.44. The van der Waals surface area contributed by atoms with Gasteiger partial charge in [-0.25, -0.2) is 9.78 Å². The fourth-order valence-corrected chi connectivity index (χ4v) is 4.15. The van der Waals surface area contributed by atoms with Crippen LogP contribution in [0.5, 0.6) is 0 Å². The van der Waals surface area contributed by atoms with Crippen molar-refractivity contribution in [3.05, 3.63) is 11.8 Å². The van der Waals surface area contributed by atoms with Crippen LogP contribution in [0.1, 0.15) is 76.1 Å². The van der Waals surface area contributed by atoms with Crippen molar-refractivity contribution in [1.82, 2.24) is 20.2 Å². The summed E-state index contributed by atoms with van der Waals surface area (Å²) in [6.07, 6.45) is 8.20. The van der Waals surface area contributed by atoms with Gasteiger partial charge in [-0.1, -0.05) is 19.3 Å². The lowest BCUT2D eigenvalue weighted by Gasteiger charge is -2.33. The number of nitrogens with one attached hydrogen (secondary N) is 3. The molecule has 0 radical (unpaired) electrons. The molecule has 0 unspecified atom stereocenters. The number of carbonyl (C=O) groups excluding carboxylic acids is 2. The number of hydrogen-bond acceptors (Lipinski definition) is 8. The molecule has 2 amide bonds. The summed E-state index contributed by atoms with van der Waals surface area (Å²) in [7, 11) is 0. The van der Waals surface area contributed by atoms with Gasteiger partial charge in [0.15, 0.2) is 0 Å². The van der Waals surface area contributed by atoms with Crippen molar-refractivity contribution < 1.29 is 19.4 Å². The van der Waals surface area contributed by atoms with E-state index in [2.05, 4.69) is 25.9 Å². The molecule has 2 aliphatic rings. The number of aromatic nitrogens is 2. The molecule has 1 saturated heterocycles. The lowest BCUT2D eigenvalue weighted by atomic mass is 9.95. The van der Waals surface area contributed by atoms with Crippen molar-refractivity contribution in [3.63, 3.8) is 0 Å². The van der Waals surface area contributed by atoms with Gasteiger partial charge in [0.05, 0.1) is 6.61 Å². The summed E-state index contributed by atoms with van der Waals surface area (Å²) in [5, 5.41) is 18.5. The summed E-state index contributed by atoms with van der Waals surface area (Å²) >= 11 is 0. The van der Waals surface area contributed by atoms with Crippen molar-refractivity contribution in [2.24, 2.45) is 0 Å². The van der Waals surface area contributed by atoms with Gasteiger partial charge in [0.25, 0.3) is 5.91 Å². The van der Waals surface area contributed by atoms with Gasteiger partial charge in [0, 0.05) is 37.9 Å². The van der Waals surface area contributed by atoms with Crippen LogP contribution < -0.4 is 16.0 Å². The van der Waals surface area contributed by atoms with E-state index in [9.17, 15) is 9.59 Å². The van der Waals surface area contributed by atoms with Gasteiger partial charge < -0.3 is 30.7 Å². The lowest BCUT2D eigenvalue weighted by Crippen LogP contribution is -2.48. The minimum Gasteiger partial charge on any atom is -0.444 e. The Bertz CT molecular complexity index is 799. The number of ether oxygens (including phenoxy) is 1. The Hall–Kier alpha value is -2.62. The van der Waals surface area contributed by atoms with E-state index in [-0.39, 0.29) is 30.7 Å². The molecule has 4 N–H and O–H groups in total. The molecule has 184 valence electrons. The molecule has 0 atom stereocenters. The highest BCUT2D eigenvalue weighted by Crippen LogP contribution is 2.24. The van der Waals surface area contributed by atoms with E-state index in [1.54, 1.807) is 4.90 Å². The first-order valence-corrected chi connectivity index (χ1v) is 12.0. The normalized spacial score (nSPS) is 18.0. The maximum atomic E-state index is 13.1. The van der Waals surface area contributed by atoms with Gasteiger partial charge in [-0.3, -0.25) is 4.79 Å². The maximum Gasteiger partial charge on any atom is 0.410 e. The fourth-order valence-electron chi connectivity index (χ4n) is 4.15. The monoisotopic (exact) mass is 462 g/mol. The summed E-state index contributed by atoms with van der Waals surface area (Å²) in [4.78, 5) is 35.8. The largest absolute Gasteiger partial charge is 0.444 e. The van der Waals surface area contributed by atoms with Gasteiger partial charge in [0.2, 0.25) is 5.95 Å². The molecular weight excluding hydrogens is 424 g/mol. The second-order valence-corrected chi connectivity index (χ2v) is 9.80. The van der Waals surface area contributed by atoms with Crippen LogP contribution in [-0.4, -0.2) is 75.9 Å². The van der Waals surface area contributed by atoms with Crippen LogP contribution in [0.25, 0.3) is 0 Å². The number of hydrogen-bond donors (Lipinski definition) is 4. The molecule has 2 heterocycles. The Kier molecular flexibility index (Phi) is 8.71. The predicted molar refractivity (Wildman–Crippen MR) is 126 cm³/mol. The van der Waals surface area contributed by atoms with E-state index >= 15 is 0 Å². The van der Waals surface area contributed by atoms with Crippen LogP contribution in [0.3, 0.4) is 0 Å². The second kappa shape index (κ2) is 11.5. The number of nitrogens with zero attached hydrogens (tertiary/aromatic N) is 3. The van der Waals surface area contributed by atoms with Crippen LogP contribution >= 0.6 is 0 Å². The highest BCUT2D eigenvalue weighted by atomic mass is 16.6. The Morgan fingerprint density at radius 3 is 2.45 bits per heavy atom. The molecule has 0 aromatic carbocycles. The maximum absolute atomic E-state index is 13.1. The predicted octanol–water partition coefficient (Wildman–Crippen LogP) is 2.75. The third-order valence-electron chi connectivity index (χ3n) is 5.86. The summed E-state index contributed by atoms with van der Waals surface area (Å²) in [5.74, 6) is 0.670. The number of carbonyl (C=O) groups is 2. The number of rotatable bonds is 7. The molecule has 0 bridgehead atoms. The Morgan fingerprint density at radius 1 is 1.12 bits per heavy atom. The zero-order chi connectivity index (χ0) is 23.8. The van der Waals surface area contributed by atoms with Crippen LogP contribution in [0.15, 0.2) is 6.20 Å². The molecular formula is C23H38N6O4. The number of piperidine rings is 1. The topological polar surface area (TPSA) is 129 Å². The third kappa shape index (κ3) is 7.73. The summed E-state index contributed by atoms with van der Waals surface area (Å²) in [6, 6.07) is 0.244. The average Bonchev–Trinajstić information content (AvgIpc) is 2.78. The van der Waals surface area contributed by atoms with Crippen LogP contribution in [0.4, 0.5) is 16.6 Å². The van der Waals surface area contributed by atoms with E-state index in [1.165, 1.54) is 12.6 Å². The molecule has 1 aromatic heterocycles.